The standard InChI is InChI=1S/C22H22O2Si/c1-2-24-22(23)18-25(19-12-6-3-7-13-19,20-14-8-4-9-15-20)21-16-10-5-11-17-21/h3-17H,2,18H2,1H3. The van der Waals surface area contributed by atoms with Crippen molar-refractivity contribution in [3.05, 3.63) is 91.0 Å². The zero-order valence-electron chi connectivity index (χ0n) is 14.4. The molecule has 3 heteroatoms. The van der Waals surface area contributed by atoms with E-state index in [1.807, 2.05) is 61.5 Å². The van der Waals surface area contributed by atoms with Crippen LogP contribution in [0.2, 0.25) is 6.04 Å². The lowest BCUT2D eigenvalue weighted by Gasteiger charge is -2.32. The third-order valence-electron chi connectivity index (χ3n) is 4.51. The topological polar surface area (TPSA) is 26.3 Å². The van der Waals surface area contributed by atoms with E-state index < -0.39 is 8.07 Å². The van der Waals surface area contributed by atoms with E-state index in [9.17, 15) is 4.79 Å². The Morgan fingerprint density at radius 2 is 1.08 bits per heavy atom. The van der Waals surface area contributed by atoms with E-state index in [-0.39, 0.29) is 5.97 Å². The maximum atomic E-state index is 12.6. The van der Waals surface area contributed by atoms with Crippen molar-refractivity contribution in [3.63, 3.8) is 0 Å². The molecule has 0 saturated carbocycles. The molecular weight excluding hydrogens is 324 g/mol. The van der Waals surface area contributed by atoms with E-state index in [0.29, 0.717) is 12.7 Å². The highest BCUT2D eigenvalue weighted by Gasteiger charge is 2.41. The Kier molecular flexibility index (Phi) is 5.46. The van der Waals surface area contributed by atoms with Gasteiger partial charge in [-0.2, -0.15) is 0 Å². The summed E-state index contributed by atoms with van der Waals surface area (Å²) in [6.07, 6.45) is 0. The van der Waals surface area contributed by atoms with Crippen molar-refractivity contribution in [2.45, 2.75) is 13.0 Å². The second kappa shape index (κ2) is 7.95. The molecule has 0 heterocycles. The van der Waals surface area contributed by atoms with E-state index in [4.69, 9.17) is 4.74 Å². The molecule has 0 unspecified atom stereocenters. The number of benzene rings is 3. The van der Waals surface area contributed by atoms with Crippen molar-refractivity contribution in [2.75, 3.05) is 6.61 Å². The van der Waals surface area contributed by atoms with Gasteiger partial charge in [0.25, 0.3) is 0 Å². The number of rotatable bonds is 6. The number of ether oxygens (including phenoxy) is 1. The molecule has 0 radical (unpaired) electrons. The van der Waals surface area contributed by atoms with Crippen molar-refractivity contribution in [3.8, 4) is 0 Å². The predicted molar refractivity (Wildman–Crippen MR) is 105 cm³/mol. The largest absolute Gasteiger partial charge is 0.466 e. The fourth-order valence-corrected chi connectivity index (χ4v) is 7.83. The summed E-state index contributed by atoms with van der Waals surface area (Å²) in [5.41, 5.74) is 0. The molecule has 3 aromatic rings. The quantitative estimate of drug-likeness (QED) is 0.390. The van der Waals surface area contributed by atoms with Crippen LogP contribution in [0, 0.1) is 0 Å². The normalized spacial score (nSPS) is 11.1. The lowest BCUT2D eigenvalue weighted by Crippen LogP contribution is -2.68. The summed E-state index contributed by atoms with van der Waals surface area (Å²) < 4.78 is 5.36. The van der Waals surface area contributed by atoms with E-state index in [1.54, 1.807) is 0 Å². The first-order valence-corrected chi connectivity index (χ1v) is 10.8. The minimum atomic E-state index is -2.50. The highest BCUT2D eigenvalue weighted by molar-refractivity contribution is 7.12. The van der Waals surface area contributed by atoms with Crippen LogP contribution in [0.1, 0.15) is 6.92 Å². The van der Waals surface area contributed by atoms with Crippen molar-refractivity contribution >= 4 is 29.6 Å². The second-order valence-electron chi connectivity index (χ2n) is 5.99. The second-order valence-corrected chi connectivity index (χ2v) is 9.88. The smallest absolute Gasteiger partial charge is 0.304 e. The average molecular weight is 347 g/mol. The minimum Gasteiger partial charge on any atom is -0.466 e. The number of hydrogen-bond acceptors (Lipinski definition) is 2. The van der Waals surface area contributed by atoms with Gasteiger partial charge < -0.3 is 4.74 Å². The van der Waals surface area contributed by atoms with Gasteiger partial charge in [-0.3, -0.25) is 4.79 Å². The maximum Gasteiger partial charge on any atom is 0.304 e. The molecule has 0 amide bonds. The fraction of sp³-hybridized carbons (Fsp3) is 0.136. The van der Waals surface area contributed by atoms with Crippen LogP contribution in [0.15, 0.2) is 91.0 Å². The first-order chi connectivity index (χ1) is 12.3. The summed E-state index contributed by atoms with van der Waals surface area (Å²) in [5.74, 6) is -0.134. The third-order valence-corrected chi connectivity index (χ3v) is 9.29. The van der Waals surface area contributed by atoms with Crippen molar-refractivity contribution < 1.29 is 9.53 Å². The molecule has 25 heavy (non-hydrogen) atoms. The van der Waals surface area contributed by atoms with Crippen molar-refractivity contribution in [1.29, 1.82) is 0 Å². The molecule has 3 aromatic carbocycles. The fourth-order valence-electron chi connectivity index (χ4n) is 3.40. The van der Waals surface area contributed by atoms with E-state index in [0.717, 1.165) is 0 Å². The Morgan fingerprint density at radius 1 is 0.720 bits per heavy atom. The average Bonchev–Trinajstić information content (AvgIpc) is 2.68. The molecule has 0 aliphatic rings. The summed E-state index contributed by atoms with van der Waals surface area (Å²) in [6.45, 7) is 2.26. The van der Waals surface area contributed by atoms with Gasteiger partial charge in [-0.15, -0.1) is 0 Å². The molecule has 2 nitrogen and oxygen atoms in total. The van der Waals surface area contributed by atoms with Gasteiger partial charge in [0.1, 0.15) is 0 Å². The lowest BCUT2D eigenvalue weighted by molar-refractivity contribution is -0.140. The minimum absolute atomic E-state index is 0.134. The van der Waals surface area contributed by atoms with Crippen LogP contribution in [0.5, 0.6) is 0 Å². The first-order valence-electron chi connectivity index (χ1n) is 8.59. The molecule has 0 N–H and O–H groups in total. The van der Waals surface area contributed by atoms with Crippen LogP contribution in [-0.2, 0) is 9.53 Å². The summed E-state index contributed by atoms with van der Waals surface area (Å²) in [5, 5.41) is 3.67. The zero-order chi connectivity index (χ0) is 17.5. The van der Waals surface area contributed by atoms with Crippen LogP contribution >= 0.6 is 0 Å². The maximum absolute atomic E-state index is 12.6. The number of hydrogen-bond donors (Lipinski definition) is 0. The highest BCUT2D eigenvalue weighted by Crippen LogP contribution is 2.14. The Labute approximate surface area is 150 Å². The molecule has 0 bridgehead atoms. The van der Waals surface area contributed by atoms with Crippen molar-refractivity contribution in [1.82, 2.24) is 0 Å². The van der Waals surface area contributed by atoms with Gasteiger partial charge in [0.2, 0.25) is 0 Å². The van der Waals surface area contributed by atoms with Crippen molar-refractivity contribution in [2.24, 2.45) is 0 Å². The number of carbonyl (C=O) groups excluding carboxylic acids is 1. The molecule has 0 spiro atoms. The molecule has 0 aromatic heterocycles. The van der Waals surface area contributed by atoms with Crippen LogP contribution in [0.3, 0.4) is 0 Å². The summed E-state index contributed by atoms with van der Waals surface area (Å²) in [6, 6.07) is 31.6. The molecule has 126 valence electrons. The van der Waals surface area contributed by atoms with Gasteiger partial charge in [-0.25, -0.2) is 0 Å². The Morgan fingerprint density at radius 3 is 1.40 bits per heavy atom. The molecule has 3 rings (SSSR count). The summed E-state index contributed by atoms with van der Waals surface area (Å²) in [7, 11) is -2.50. The monoisotopic (exact) mass is 346 g/mol. The van der Waals surface area contributed by atoms with Crippen LogP contribution in [-0.4, -0.2) is 20.7 Å². The molecule has 0 saturated heterocycles. The van der Waals surface area contributed by atoms with Crippen LogP contribution in [0.25, 0.3) is 0 Å². The number of carbonyl (C=O) groups is 1. The van der Waals surface area contributed by atoms with E-state index in [1.165, 1.54) is 15.6 Å². The molecule has 0 atom stereocenters. The molecule has 0 aliphatic carbocycles. The van der Waals surface area contributed by atoms with E-state index >= 15 is 0 Å². The Hall–Kier alpha value is -2.65. The van der Waals surface area contributed by atoms with Gasteiger partial charge in [-0.05, 0) is 22.5 Å². The predicted octanol–water partition coefficient (Wildman–Crippen LogP) is 2.72. The number of esters is 1. The van der Waals surface area contributed by atoms with Gasteiger partial charge in [0.05, 0.1) is 12.7 Å². The Bertz CT molecular complexity index is 705. The SMILES string of the molecule is CCOC(=O)C[Si](c1ccccc1)(c1ccccc1)c1ccccc1. The summed E-state index contributed by atoms with van der Waals surface area (Å²) >= 11 is 0. The van der Waals surface area contributed by atoms with Crippen LogP contribution in [0.4, 0.5) is 0 Å². The van der Waals surface area contributed by atoms with Gasteiger partial charge in [0.15, 0.2) is 8.07 Å². The molecule has 0 fully saturated rings. The Balaban J connectivity index is 2.26. The highest BCUT2D eigenvalue weighted by atomic mass is 28.3. The van der Waals surface area contributed by atoms with Gasteiger partial charge in [-0.1, -0.05) is 91.0 Å². The summed E-state index contributed by atoms with van der Waals surface area (Å²) in [4.78, 5) is 12.6. The molecular formula is C22H22O2Si. The zero-order valence-corrected chi connectivity index (χ0v) is 15.4. The van der Waals surface area contributed by atoms with E-state index in [2.05, 4.69) is 36.4 Å². The van der Waals surface area contributed by atoms with Crippen LogP contribution < -0.4 is 15.6 Å². The van der Waals surface area contributed by atoms with Gasteiger partial charge >= 0.3 is 5.97 Å². The lowest BCUT2D eigenvalue weighted by atomic mass is 10.3. The molecule has 0 aliphatic heterocycles. The first kappa shape index (κ1) is 17.2. The third kappa shape index (κ3) is 3.56. The van der Waals surface area contributed by atoms with Gasteiger partial charge in [0, 0.05) is 0 Å².